The van der Waals surface area contributed by atoms with Crippen molar-refractivity contribution in [2.75, 3.05) is 13.2 Å². The first kappa shape index (κ1) is 20.5. The maximum Gasteiger partial charge on any atom is 0.416 e. The van der Waals surface area contributed by atoms with Gasteiger partial charge in [0.05, 0.1) is 27.7 Å². The van der Waals surface area contributed by atoms with Crippen LogP contribution >= 0.6 is 11.6 Å². The van der Waals surface area contributed by atoms with Gasteiger partial charge in [0.15, 0.2) is 0 Å². The number of rotatable bonds is 7. The van der Waals surface area contributed by atoms with Crippen LogP contribution in [-0.2, 0) is 6.18 Å². The van der Waals surface area contributed by atoms with Gasteiger partial charge in [-0.25, -0.2) is 0 Å². The van der Waals surface area contributed by atoms with Crippen LogP contribution in [0.3, 0.4) is 0 Å². The summed E-state index contributed by atoms with van der Waals surface area (Å²) in [5.74, 6) is -0.527. The van der Waals surface area contributed by atoms with Crippen LogP contribution in [0, 0.1) is 10.1 Å². The molecular formula is C17H14ClF3N2O4. The zero-order valence-corrected chi connectivity index (χ0v) is 14.5. The normalized spacial score (nSPS) is 11.1. The van der Waals surface area contributed by atoms with Crippen molar-refractivity contribution in [2.45, 2.75) is 12.6 Å². The van der Waals surface area contributed by atoms with Crippen LogP contribution < -0.4 is 10.1 Å². The standard InChI is InChI=1S/C17H14ClF3N2O4/c18-15-6-5-12(23(25)26)10-14(15)16(24)22-7-2-8-27-13-4-1-3-11(9-13)17(19,20)21/h1,3-6,9-10H,2,7-8H2,(H,22,24). The zero-order valence-electron chi connectivity index (χ0n) is 13.8. The highest BCUT2D eigenvalue weighted by Crippen LogP contribution is 2.31. The van der Waals surface area contributed by atoms with Crippen LogP contribution in [0.2, 0.25) is 5.02 Å². The third-order valence-corrected chi connectivity index (χ3v) is 3.77. The average Bonchev–Trinajstić information content (AvgIpc) is 2.61. The van der Waals surface area contributed by atoms with Crippen molar-refractivity contribution in [2.24, 2.45) is 0 Å². The summed E-state index contributed by atoms with van der Waals surface area (Å²) in [7, 11) is 0. The summed E-state index contributed by atoms with van der Waals surface area (Å²) < 4.78 is 43.1. The number of nitro groups is 1. The van der Waals surface area contributed by atoms with Crippen LogP contribution in [0.15, 0.2) is 42.5 Å². The zero-order chi connectivity index (χ0) is 20.0. The first-order chi connectivity index (χ1) is 12.7. The lowest BCUT2D eigenvalue weighted by Crippen LogP contribution is -2.26. The quantitative estimate of drug-likeness (QED) is 0.421. The van der Waals surface area contributed by atoms with E-state index in [-0.39, 0.29) is 35.2 Å². The van der Waals surface area contributed by atoms with Crippen molar-refractivity contribution < 1.29 is 27.6 Å². The number of alkyl halides is 3. The number of hydrogen-bond donors (Lipinski definition) is 1. The molecule has 0 bridgehead atoms. The average molecular weight is 403 g/mol. The number of benzene rings is 2. The largest absolute Gasteiger partial charge is 0.494 e. The Labute approximate surface area is 157 Å². The van der Waals surface area contributed by atoms with Gasteiger partial charge in [-0.1, -0.05) is 17.7 Å². The van der Waals surface area contributed by atoms with E-state index in [1.807, 2.05) is 0 Å². The molecular weight excluding hydrogens is 389 g/mol. The van der Waals surface area contributed by atoms with Crippen molar-refractivity contribution in [3.63, 3.8) is 0 Å². The Morgan fingerprint density at radius 1 is 1.22 bits per heavy atom. The van der Waals surface area contributed by atoms with E-state index >= 15 is 0 Å². The number of hydrogen-bond acceptors (Lipinski definition) is 4. The third-order valence-electron chi connectivity index (χ3n) is 3.44. The molecule has 0 unspecified atom stereocenters. The lowest BCUT2D eigenvalue weighted by Gasteiger charge is -2.11. The molecule has 0 spiro atoms. The highest BCUT2D eigenvalue weighted by atomic mass is 35.5. The summed E-state index contributed by atoms with van der Waals surface area (Å²) in [5, 5.41) is 13.3. The highest BCUT2D eigenvalue weighted by molar-refractivity contribution is 6.33. The molecule has 6 nitrogen and oxygen atoms in total. The monoisotopic (exact) mass is 402 g/mol. The first-order valence-electron chi connectivity index (χ1n) is 7.70. The Kier molecular flexibility index (Phi) is 6.62. The molecule has 1 N–H and O–H groups in total. The summed E-state index contributed by atoms with van der Waals surface area (Å²) in [4.78, 5) is 22.2. The molecule has 2 aromatic rings. The van der Waals surface area contributed by atoms with Gasteiger partial charge in [-0.2, -0.15) is 13.2 Å². The second-order valence-electron chi connectivity index (χ2n) is 5.40. The minimum absolute atomic E-state index is 0.0373. The molecule has 0 saturated heterocycles. The van der Waals surface area contributed by atoms with Crippen LogP contribution in [0.1, 0.15) is 22.3 Å². The van der Waals surface area contributed by atoms with Gasteiger partial charge in [-0.3, -0.25) is 14.9 Å². The molecule has 10 heteroatoms. The molecule has 0 radical (unpaired) electrons. The van der Waals surface area contributed by atoms with Crippen molar-refractivity contribution in [3.8, 4) is 5.75 Å². The van der Waals surface area contributed by atoms with E-state index in [1.54, 1.807) is 0 Å². The predicted octanol–water partition coefficient (Wildman–Crippen LogP) is 4.47. The van der Waals surface area contributed by atoms with Gasteiger partial charge >= 0.3 is 6.18 Å². The molecule has 2 aromatic carbocycles. The van der Waals surface area contributed by atoms with Crippen molar-refractivity contribution in [1.29, 1.82) is 0 Å². The van der Waals surface area contributed by atoms with Crippen LogP contribution in [0.25, 0.3) is 0 Å². The van der Waals surface area contributed by atoms with E-state index in [0.29, 0.717) is 6.42 Å². The van der Waals surface area contributed by atoms with Gasteiger partial charge in [0, 0.05) is 18.7 Å². The molecule has 0 aromatic heterocycles. The van der Waals surface area contributed by atoms with Gasteiger partial charge in [0.25, 0.3) is 11.6 Å². The van der Waals surface area contributed by atoms with Gasteiger partial charge in [-0.15, -0.1) is 0 Å². The summed E-state index contributed by atoms with van der Waals surface area (Å²) in [6.45, 7) is 0.223. The Hall–Kier alpha value is -2.81. The molecule has 0 aliphatic carbocycles. The van der Waals surface area contributed by atoms with Gasteiger partial charge in [-0.05, 0) is 30.7 Å². The topological polar surface area (TPSA) is 81.5 Å². The molecule has 1 amide bonds. The maximum atomic E-state index is 12.6. The van der Waals surface area contributed by atoms with E-state index in [2.05, 4.69) is 5.32 Å². The minimum atomic E-state index is -4.45. The molecule has 2 rings (SSSR count). The van der Waals surface area contributed by atoms with E-state index in [1.165, 1.54) is 24.3 Å². The molecule has 144 valence electrons. The van der Waals surface area contributed by atoms with Gasteiger partial charge in [0.1, 0.15) is 5.75 Å². The fraction of sp³-hybridized carbons (Fsp3) is 0.235. The molecule has 0 fully saturated rings. The summed E-state index contributed by atoms with van der Waals surface area (Å²) >= 11 is 5.87. The number of amides is 1. The van der Waals surface area contributed by atoms with E-state index < -0.39 is 22.6 Å². The summed E-state index contributed by atoms with van der Waals surface area (Å²) in [5.41, 5.74) is -1.12. The number of non-ortho nitro benzene ring substituents is 1. The predicted molar refractivity (Wildman–Crippen MR) is 92.0 cm³/mol. The molecule has 0 aliphatic rings. The smallest absolute Gasteiger partial charge is 0.416 e. The lowest BCUT2D eigenvalue weighted by molar-refractivity contribution is -0.384. The summed E-state index contributed by atoms with van der Waals surface area (Å²) in [6.07, 6.45) is -4.14. The van der Waals surface area contributed by atoms with E-state index in [4.69, 9.17) is 16.3 Å². The van der Waals surface area contributed by atoms with E-state index in [9.17, 15) is 28.1 Å². The fourth-order valence-electron chi connectivity index (χ4n) is 2.12. The number of ether oxygens (including phenoxy) is 1. The second-order valence-corrected chi connectivity index (χ2v) is 5.81. The number of halogens is 4. The highest BCUT2D eigenvalue weighted by Gasteiger charge is 2.30. The number of nitrogens with zero attached hydrogens (tertiary/aromatic N) is 1. The number of nitrogens with one attached hydrogen (secondary N) is 1. The third kappa shape index (κ3) is 5.85. The fourth-order valence-corrected chi connectivity index (χ4v) is 2.33. The Bertz CT molecular complexity index is 843. The molecule has 27 heavy (non-hydrogen) atoms. The maximum absolute atomic E-state index is 12.6. The minimum Gasteiger partial charge on any atom is -0.494 e. The summed E-state index contributed by atoms with van der Waals surface area (Å²) in [6, 6.07) is 7.97. The number of carbonyl (C=O) groups is 1. The van der Waals surface area contributed by atoms with Crippen LogP contribution in [-0.4, -0.2) is 24.0 Å². The number of nitro benzene ring substituents is 1. The van der Waals surface area contributed by atoms with Crippen molar-refractivity contribution in [1.82, 2.24) is 5.32 Å². The Balaban J connectivity index is 1.83. The van der Waals surface area contributed by atoms with Gasteiger partial charge in [0.2, 0.25) is 0 Å². The number of carbonyl (C=O) groups excluding carboxylic acids is 1. The van der Waals surface area contributed by atoms with Crippen LogP contribution in [0.4, 0.5) is 18.9 Å². The molecule has 0 heterocycles. The molecule has 0 saturated carbocycles. The van der Waals surface area contributed by atoms with Crippen molar-refractivity contribution >= 4 is 23.2 Å². The van der Waals surface area contributed by atoms with Gasteiger partial charge < -0.3 is 10.1 Å². The Morgan fingerprint density at radius 2 is 1.96 bits per heavy atom. The first-order valence-corrected chi connectivity index (χ1v) is 8.08. The molecule has 0 atom stereocenters. The molecule has 0 aliphatic heterocycles. The van der Waals surface area contributed by atoms with E-state index in [0.717, 1.165) is 18.2 Å². The SMILES string of the molecule is O=C(NCCCOc1cccc(C(F)(F)F)c1)c1cc([N+](=O)[O-])ccc1Cl. The van der Waals surface area contributed by atoms with Crippen LogP contribution in [0.5, 0.6) is 5.75 Å². The van der Waals surface area contributed by atoms with Crippen molar-refractivity contribution in [3.05, 3.63) is 68.7 Å². The lowest BCUT2D eigenvalue weighted by atomic mass is 10.2. The Morgan fingerprint density at radius 3 is 2.63 bits per heavy atom. The second kappa shape index (κ2) is 8.72.